The first kappa shape index (κ1) is 17.6. The lowest BCUT2D eigenvalue weighted by Gasteiger charge is -2.32. The number of hydrogen-bond acceptors (Lipinski definition) is 5. The molecule has 0 spiro atoms. The molecular formula is C20H21N7O2. The topological polar surface area (TPSA) is 101 Å². The van der Waals surface area contributed by atoms with Crippen molar-refractivity contribution in [2.75, 3.05) is 13.1 Å². The average Bonchev–Trinajstić information content (AvgIpc) is 3.36. The Balaban J connectivity index is 1.45. The summed E-state index contributed by atoms with van der Waals surface area (Å²) in [5.41, 5.74) is 3.90. The number of nitrogens with one attached hydrogen (secondary N) is 1. The van der Waals surface area contributed by atoms with E-state index in [2.05, 4.69) is 20.2 Å². The number of nitrogens with zero attached hydrogens (tertiary/aromatic N) is 6. The number of hydrogen-bond donors (Lipinski definition) is 1. The summed E-state index contributed by atoms with van der Waals surface area (Å²) in [4.78, 5) is 36.3. The van der Waals surface area contributed by atoms with Gasteiger partial charge in [-0.2, -0.15) is 5.10 Å². The van der Waals surface area contributed by atoms with Crippen molar-refractivity contribution in [3.8, 4) is 0 Å². The molecule has 1 aliphatic rings. The summed E-state index contributed by atoms with van der Waals surface area (Å²) in [6.07, 6.45) is 6.84. The first-order valence-electron chi connectivity index (χ1n) is 9.69. The van der Waals surface area contributed by atoms with Crippen LogP contribution in [0.5, 0.6) is 0 Å². The highest BCUT2D eigenvalue weighted by Gasteiger charge is 2.28. The van der Waals surface area contributed by atoms with Gasteiger partial charge >= 0.3 is 0 Å². The predicted octanol–water partition coefficient (Wildman–Crippen LogP) is 1.70. The Labute approximate surface area is 166 Å². The Bertz CT molecular complexity index is 1300. The number of carbonyl (C=O) groups excluding carboxylic acids is 1. The van der Waals surface area contributed by atoms with E-state index in [1.807, 2.05) is 17.9 Å². The summed E-state index contributed by atoms with van der Waals surface area (Å²) in [6.45, 7) is 4.89. The Morgan fingerprint density at radius 3 is 3.03 bits per heavy atom. The van der Waals surface area contributed by atoms with Crippen LogP contribution in [0.25, 0.3) is 11.3 Å². The molecule has 5 rings (SSSR count). The van der Waals surface area contributed by atoms with Gasteiger partial charge in [0.25, 0.3) is 11.5 Å². The molecule has 9 nitrogen and oxygen atoms in total. The fourth-order valence-electron chi connectivity index (χ4n) is 4.01. The van der Waals surface area contributed by atoms with Crippen LogP contribution in [0.1, 0.15) is 46.1 Å². The molecule has 148 valence electrons. The van der Waals surface area contributed by atoms with Gasteiger partial charge in [0.15, 0.2) is 11.3 Å². The zero-order valence-electron chi connectivity index (χ0n) is 16.3. The minimum atomic E-state index is -0.0834. The molecule has 4 aromatic rings. The van der Waals surface area contributed by atoms with Gasteiger partial charge in [0.1, 0.15) is 5.56 Å². The minimum absolute atomic E-state index is 0.0681. The largest absolute Gasteiger partial charge is 0.338 e. The molecule has 1 atom stereocenters. The van der Waals surface area contributed by atoms with Gasteiger partial charge in [-0.3, -0.25) is 14.7 Å². The average molecular weight is 391 g/mol. The molecule has 4 aromatic heterocycles. The van der Waals surface area contributed by atoms with Gasteiger partial charge in [0.2, 0.25) is 0 Å². The van der Waals surface area contributed by atoms with Crippen molar-refractivity contribution in [3.05, 3.63) is 63.6 Å². The summed E-state index contributed by atoms with van der Waals surface area (Å²) in [7, 11) is 0. The highest BCUT2D eigenvalue weighted by Crippen LogP contribution is 2.27. The van der Waals surface area contributed by atoms with E-state index in [1.54, 1.807) is 36.1 Å². The van der Waals surface area contributed by atoms with Gasteiger partial charge in [0, 0.05) is 54.4 Å². The van der Waals surface area contributed by atoms with E-state index in [0.29, 0.717) is 35.5 Å². The van der Waals surface area contributed by atoms with Crippen molar-refractivity contribution in [2.24, 2.45) is 0 Å². The molecule has 1 aliphatic heterocycles. The SMILES string of the molecule is Cc1nc2cc(C3CCCN(C(=O)c4cnn5cccnc45)C3)[nH]n2c(=O)c1C. The summed E-state index contributed by atoms with van der Waals surface area (Å²) < 4.78 is 3.10. The van der Waals surface area contributed by atoms with Crippen molar-refractivity contribution in [1.29, 1.82) is 0 Å². The number of H-pyrrole nitrogens is 1. The Morgan fingerprint density at radius 2 is 2.17 bits per heavy atom. The molecule has 1 unspecified atom stereocenters. The number of aromatic nitrogens is 6. The van der Waals surface area contributed by atoms with E-state index in [-0.39, 0.29) is 17.4 Å². The van der Waals surface area contributed by atoms with Crippen molar-refractivity contribution in [1.82, 2.24) is 34.1 Å². The van der Waals surface area contributed by atoms with Crippen LogP contribution in [0.2, 0.25) is 0 Å². The fourth-order valence-corrected chi connectivity index (χ4v) is 4.01. The second-order valence-corrected chi connectivity index (χ2v) is 7.57. The van der Waals surface area contributed by atoms with Crippen molar-refractivity contribution in [3.63, 3.8) is 0 Å². The van der Waals surface area contributed by atoms with Crippen molar-refractivity contribution < 1.29 is 4.79 Å². The van der Waals surface area contributed by atoms with Gasteiger partial charge < -0.3 is 4.90 Å². The normalized spacial score (nSPS) is 17.3. The molecule has 1 saturated heterocycles. The van der Waals surface area contributed by atoms with Crippen LogP contribution < -0.4 is 5.56 Å². The van der Waals surface area contributed by atoms with Crippen LogP contribution in [0.4, 0.5) is 0 Å². The number of aryl methyl sites for hydroxylation is 1. The third-order valence-electron chi connectivity index (χ3n) is 5.76. The van der Waals surface area contributed by atoms with Gasteiger partial charge in [-0.05, 0) is 32.8 Å². The molecular weight excluding hydrogens is 370 g/mol. The Kier molecular flexibility index (Phi) is 3.97. The highest BCUT2D eigenvalue weighted by atomic mass is 16.2. The molecule has 9 heteroatoms. The first-order chi connectivity index (χ1) is 14.0. The van der Waals surface area contributed by atoms with Crippen LogP contribution in [0.3, 0.4) is 0 Å². The maximum Gasteiger partial charge on any atom is 0.275 e. The third-order valence-corrected chi connectivity index (χ3v) is 5.76. The van der Waals surface area contributed by atoms with E-state index >= 15 is 0 Å². The molecule has 1 amide bonds. The van der Waals surface area contributed by atoms with Crippen LogP contribution >= 0.6 is 0 Å². The van der Waals surface area contributed by atoms with Crippen LogP contribution in [0.15, 0.2) is 35.5 Å². The van der Waals surface area contributed by atoms with Gasteiger partial charge in [-0.1, -0.05) is 0 Å². The number of fused-ring (bicyclic) bond motifs is 2. The maximum absolute atomic E-state index is 13.1. The van der Waals surface area contributed by atoms with Crippen LogP contribution in [-0.2, 0) is 0 Å². The van der Waals surface area contributed by atoms with Gasteiger partial charge in [0.05, 0.1) is 6.20 Å². The highest BCUT2D eigenvalue weighted by molar-refractivity contribution is 5.99. The number of likely N-dealkylation sites (tertiary alicyclic amines) is 1. The molecule has 1 fully saturated rings. The van der Waals surface area contributed by atoms with Gasteiger partial charge in [-0.15, -0.1) is 0 Å². The van der Waals surface area contributed by atoms with E-state index in [4.69, 9.17) is 0 Å². The molecule has 29 heavy (non-hydrogen) atoms. The summed E-state index contributed by atoms with van der Waals surface area (Å²) in [5, 5.41) is 7.42. The third kappa shape index (κ3) is 2.81. The summed E-state index contributed by atoms with van der Waals surface area (Å²) in [5.74, 6) is 0.0469. The zero-order chi connectivity index (χ0) is 20.1. The second-order valence-electron chi connectivity index (χ2n) is 7.57. The van der Waals surface area contributed by atoms with E-state index in [1.165, 1.54) is 4.52 Å². The number of aromatic amines is 1. The number of carbonyl (C=O) groups is 1. The molecule has 0 aromatic carbocycles. The number of piperidine rings is 1. The lowest BCUT2D eigenvalue weighted by atomic mass is 9.94. The zero-order valence-corrected chi connectivity index (χ0v) is 16.3. The summed E-state index contributed by atoms with van der Waals surface area (Å²) >= 11 is 0. The standard InChI is InChI=1S/C20H21N7O2/c1-12-13(2)23-17-9-16(24-27(17)19(12)28)14-5-3-7-25(11-14)20(29)15-10-22-26-8-4-6-21-18(15)26/h4,6,8-10,14,24H,3,5,7,11H2,1-2H3. The molecule has 0 saturated carbocycles. The van der Waals surface area contributed by atoms with E-state index < -0.39 is 0 Å². The van der Waals surface area contributed by atoms with Crippen LogP contribution in [-0.4, -0.2) is 53.1 Å². The first-order valence-corrected chi connectivity index (χ1v) is 9.69. The molecule has 0 aliphatic carbocycles. The second kappa shape index (κ2) is 6.54. The minimum Gasteiger partial charge on any atom is -0.338 e. The maximum atomic E-state index is 13.1. The molecule has 5 heterocycles. The molecule has 0 bridgehead atoms. The Morgan fingerprint density at radius 1 is 1.31 bits per heavy atom. The molecule has 0 radical (unpaired) electrons. The smallest absolute Gasteiger partial charge is 0.275 e. The van der Waals surface area contributed by atoms with Crippen molar-refractivity contribution >= 4 is 17.2 Å². The number of amides is 1. The number of rotatable bonds is 2. The van der Waals surface area contributed by atoms with E-state index in [0.717, 1.165) is 24.2 Å². The fraction of sp³-hybridized carbons (Fsp3) is 0.350. The molecule has 1 N–H and O–H groups in total. The lowest BCUT2D eigenvalue weighted by Crippen LogP contribution is -2.39. The van der Waals surface area contributed by atoms with Crippen molar-refractivity contribution in [2.45, 2.75) is 32.6 Å². The summed E-state index contributed by atoms with van der Waals surface area (Å²) in [6, 6.07) is 3.70. The quantitative estimate of drug-likeness (QED) is 0.561. The predicted molar refractivity (Wildman–Crippen MR) is 106 cm³/mol. The van der Waals surface area contributed by atoms with Gasteiger partial charge in [-0.25, -0.2) is 19.0 Å². The van der Waals surface area contributed by atoms with Crippen LogP contribution in [0, 0.1) is 13.8 Å². The Hall–Kier alpha value is -3.49. The lowest BCUT2D eigenvalue weighted by molar-refractivity contribution is 0.0707. The monoisotopic (exact) mass is 391 g/mol. The van der Waals surface area contributed by atoms with E-state index in [9.17, 15) is 9.59 Å².